The van der Waals surface area contributed by atoms with Gasteiger partial charge in [-0.3, -0.25) is 0 Å². The number of carbonyl (C=O) groups excluding carboxylic acids is 1. The third kappa shape index (κ3) is 4.56. The quantitative estimate of drug-likeness (QED) is 0.803. The number of rotatable bonds is 6. The summed E-state index contributed by atoms with van der Waals surface area (Å²) in [6.45, 7) is 5.30. The van der Waals surface area contributed by atoms with Crippen molar-refractivity contribution in [2.75, 3.05) is 27.3 Å². The van der Waals surface area contributed by atoms with Crippen LogP contribution < -0.4 is 5.32 Å². The summed E-state index contributed by atoms with van der Waals surface area (Å²) in [7, 11) is 3.45. The van der Waals surface area contributed by atoms with E-state index in [0.29, 0.717) is 19.1 Å². The minimum atomic E-state index is -0.0698. The SMILES string of the molecule is COCCNC(=O)N(C)[C@H](c1ccccc1)C(C)C. The van der Waals surface area contributed by atoms with Crippen LogP contribution in [0.15, 0.2) is 30.3 Å². The molecule has 0 bridgehead atoms. The predicted molar refractivity (Wildman–Crippen MR) is 77.1 cm³/mol. The molecule has 1 rings (SSSR count). The van der Waals surface area contributed by atoms with Crippen LogP contribution in [0.1, 0.15) is 25.5 Å². The second kappa shape index (κ2) is 7.79. The summed E-state index contributed by atoms with van der Waals surface area (Å²) in [6, 6.07) is 10.1. The molecule has 0 saturated carbocycles. The van der Waals surface area contributed by atoms with Gasteiger partial charge in [-0.2, -0.15) is 0 Å². The van der Waals surface area contributed by atoms with Crippen LogP contribution in [0, 0.1) is 5.92 Å². The molecule has 1 aromatic carbocycles. The van der Waals surface area contributed by atoms with Crippen molar-refractivity contribution in [1.29, 1.82) is 0 Å². The third-order valence-electron chi connectivity index (χ3n) is 3.09. The number of nitrogens with zero attached hydrogens (tertiary/aromatic N) is 1. The molecule has 0 heterocycles. The summed E-state index contributed by atoms with van der Waals surface area (Å²) in [4.78, 5) is 13.9. The van der Waals surface area contributed by atoms with Crippen molar-refractivity contribution in [3.05, 3.63) is 35.9 Å². The predicted octanol–water partition coefficient (Wildman–Crippen LogP) is 2.67. The van der Waals surface area contributed by atoms with Gasteiger partial charge in [-0.05, 0) is 11.5 Å². The fourth-order valence-corrected chi connectivity index (χ4v) is 2.22. The van der Waals surface area contributed by atoms with Gasteiger partial charge in [-0.25, -0.2) is 4.79 Å². The molecule has 0 aliphatic heterocycles. The van der Waals surface area contributed by atoms with Crippen molar-refractivity contribution >= 4 is 6.03 Å². The van der Waals surface area contributed by atoms with E-state index in [1.54, 1.807) is 12.0 Å². The Hall–Kier alpha value is -1.55. The van der Waals surface area contributed by atoms with Gasteiger partial charge < -0.3 is 15.0 Å². The lowest BCUT2D eigenvalue weighted by molar-refractivity contribution is 0.163. The first-order chi connectivity index (χ1) is 9.07. The van der Waals surface area contributed by atoms with Gasteiger partial charge in [0, 0.05) is 20.7 Å². The Bertz CT molecular complexity index is 379. The van der Waals surface area contributed by atoms with E-state index in [2.05, 4.69) is 31.3 Å². The first kappa shape index (κ1) is 15.5. The van der Waals surface area contributed by atoms with E-state index in [0.717, 1.165) is 5.56 Å². The fourth-order valence-electron chi connectivity index (χ4n) is 2.22. The van der Waals surface area contributed by atoms with Gasteiger partial charge in [0.2, 0.25) is 0 Å². The average Bonchev–Trinajstić information content (AvgIpc) is 2.39. The second-order valence-electron chi connectivity index (χ2n) is 4.94. The molecule has 0 radical (unpaired) electrons. The smallest absolute Gasteiger partial charge is 0.317 e. The molecule has 0 saturated heterocycles. The molecule has 0 spiro atoms. The van der Waals surface area contributed by atoms with E-state index >= 15 is 0 Å². The van der Waals surface area contributed by atoms with Crippen LogP contribution in [0.5, 0.6) is 0 Å². The Morgan fingerprint density at radius 2 is 1.95 bits per heavy atom. The van der Waals surface area contributed by atoms with Gasteiger partial charge >= 0.3 is 6.03 Å². The maximum absolute atomic E-state index is 12.1. The van der Waals surface area contributed by atoms with Crippen LogP contribution in [0.25, 0.3) is 0 Å². The van der Waals surface area contributed by atoms with E-state index in [4.69, 9.17) is 4.74 Å². The van der Waals surface area contributed by atoms with E-state index in [1.807, 2.05) is 25.2 Å². The minimum Gasteiger partial charge on any atom is -0.383 e. The molecule has 2 amide bonds. The van der Waals surface area contributed by atoms with Gasteiger partial charge in [0.1, 0.15) is 0 Å². The average molecular weight is 264 g/mol. The molecule has 106 valence electrons. The Kier molecular flexibility index (Phi) is 6.36. The van der Waals surface area contributed by atoms with E-state index in [9.17, 15) is 4.79 Å². The standard InChI is InChI=1S/C15H24N2O2/c1-12(2)14(13-8-6-5-7-9-13)17(3)15(18)16-10-11-19-4/h5-9,12,14H,10-11H2,1-4H3,(H,16,18)/t14-/m0/s1. The lowest BCUT2D eigenvalue weighted by Gasteiger charge is -2.31. The number of ether oxygens (including phenoxy) is 1. The molecule has 0 unspecified atom stereocenters. The van der Waals surface area contributed by atoms with Crippen molar-refractivity contribution in [3.63, 3.8) is 0 Å². The van der Waals surface area contributed by atoms with Gasteiger partial charge in [0.15, 0.2) is 0 Å². The lowest BCUT2D eigenvalue weighted by Crippen LogP contribution is -2.42. The van der Waals surface area contributed by atoms with E-state index < -0.39 is 0 Å². The number of methoxy groups -OCH3 is 1. The molecule has 4 nitrogen and oxygen atoms in total. The zero-order chi connectivity index (χ0) is 14.3. The number of hydrogen-bond acceptors (Lipinski definition) is 2. The lowest BCUT2D eigenvalue weighted by atomic mass is 9.95. The third-order valence-corrected chi connectivity index (χ3v) is 3.09. The van der Waals surface area contributed by atoms with Crippen molar-refractivity contribution in [1.82, 2.24) is 10.2 Å². The zero-order valence-corrected chi connectivity index (χ0v) is 12.2. The number of hydrogen-bond donors (Lipinski definition) is 1. The molecular weight excluding hydrogens is 240 g/mol. The van der Waals surface area contributed by atoms with Crippen LogP contribution in [0.3, 0.4) is 0 Å². The van der Waals surface area contributed by atoms with Crippen LogP contribution in [-0.4, -0.2) is 38.2 Å². The van der Waals surface area contributed by atoms with Crippen LogP contribution in [0.4, 0.5) is 4.79 Å². The number of benzene rings is 1. The number of nitrogens with one attached hydrogen (secondary N) is 1. The maximum atomic E-state index is 12.1. The molecule has 1 atom stereocenters. The fraction of sp³-hybridized carbons (Fsp3) is 0.533. The molecule has 19 heavy (non-hydrogen) atoms. The summed E-state index contributed by atoms with van der Waals surface area (Å²) < 4.78 is 4.93. The molecule has 1 N–H and O–H groups in total. The Balaban J connectivity index is 2.74. The maximum Gasteiger partial charge on any atom is 0.317 e. The van der Waals surface area contributed by atoms with Crippen molar-refractivity contribution in [2.45, 2.75) is 19.9 Å². The van der Waals surface area contributed by atoms with Gasteiger partial charge in [0.25, 0.3) is 0 Å². The molecule has 1 aromatic rings. The van der Waals surface area contributed by atoms with E-state index in [1.165, 1.54) is 0 Å². The Morgan fingerprint density at radius 1 is 1.32 bits per heavy atom. The van der Waals surface area contributed by atoms with Crippen molar-refractivity contribution in [3.8, 4) is 0 Å². The summed E-state index contributed by atoms with van der Waals surface area (Å²) in [5.74, 6) is 0.348. The molecule has 0 fully saturated rings. The van der Waals surface area contributed by atoms with E-state index in [-0.39, 0.29) is 12.1 Å². The largest absolute Gasteiger partial charge is 0.383 e. The summed E-state index contributed by atoms with van der Waals surface area (Å²) in [6.07, 6.45) is 0. The highest BCUT2D eigenvalue weighted by molar-refractivity contribution is 5.74. The van der Waals surface area contributed by atoms with Crippen LogP contribution >= 0.6 is 0 Å². The van der Waals surface area contributed by atoms with Crippen LogP contribution in [0.2, 0.25) is 0 Å². The minimum absolute atomic E-state index is 0.0698. The number of amides is 2. The first-order valence-electron chi connectivity index (χ1n) is 6.62. The molecule has 4 heteroatoms. The van der Waals surface area contributed by atoms with Gasteiger partial charge in [-0.1, -0.05) is 44.2 Å². The van der Waals surface area contributed by atoms with Crippen molar-refractivity contribution < 1.29 is 9.53 Å². The topological polar surface area (TPSA) is 41.6 Å². The highest BCUT2D eigenvalue weighted by Crippen LogP contribution is 2.27. The number of urea groups is 1. The van der Waals surface area contributed by atoms with Gasteiger partial charge in [0.05, 0.1) is 12.6 Å². The Labute approximate surface area is 115 Å². The number of carbonyl (C=O) groups is 1. The summed E-state index contributed by atoms with van der Waals surface area (Å²) >= 11 is 0. The van der Waals surface area contributed by atoms with Crippen molar-refractivity contribution in [2.24, 2.45) is 5.92 Å². The monoisotopic (exact) mass is 264 g/mol. The normalized spacial score (nSPS) is 12.3. The van der Waals surface area contributed by atoms with Gasteiger partial charge in [-0.15, -0.1) is 0 Å². The molecule has 0 aliphatic rings. The Morgan fingerprint density at radius 3 is 2.47 bits per heavy atom. The summed E-state index contributed by atoms with van der Waals surface area (Å²) in [5.41, 5.74) is 1.15. The highest BCUT2D eigenvalue weighted by Gasteiger charge is 2.24. The second-order valence-corrected chi connectivity index (χ2v) is 4.94. The molecular formula is C15H24N2O2. The zero-order valence-electron chi connectivity index (χ0n) is 12.2. The van der Waals surface area contributed by atoms with Crippen LogP contribution in [-0.2, 0) is 4.74 Å². The molecule has 0 aromatic heterocycles. The summed E-state index contributed by atoms with van der Waals surface area (Å²) in [5, 5.41) is 2.85. The molecule has 0 aliphatic carbocycles. The first-order valence-corrected chi connectivity index (χ1v) is 6.62. The highest BCUT2D eigenvalue weighted by atomic mass is 16.5.